The summed E-state index contributed by atoms with van der Waals surface area (Å²) < 4.78 is 0. The van der Waals surface area contributed by atoms with Gasteiger partial charge in [0.05, 0.1) is 0 Å². The van der Waals surface area contributed by atoms with Crippen molar-refractivity contribution in [2.45, 2.75) is 110 Å². The van der Waals surface area contributed by atoms with E-state index in [2.05, 4.69) is 20.3 Å². The lowest BCUT2D eigenvalue weighted by Gasteiger charge is -2.02. The van der Waals surface area contributed by atoms with Gasteiger partial charge in [0, 0.05) is 0 Å². The molecule has 0 saturated heterocycles. The van der Waals surface area contributed by atoms with E-state index < -0.39 is 0 Å². The van der Waals surface area contributed by atoms with Gasteiger partial charge in [-0.15, -0.1) is 0 Å². The van der Waals surface area contributed by atoms with Crippen LogP contribution in [0.4, 0.5) is 0 Å². The first-order chi connectivity index (χ1) is 8.91. The Morgan fingerprint density at radius 3 is 1.17 bits per heavy atom. The van der Waals surface area contributed by atoms with Crippen LogP contribution >= 0.6 is 0 Å². The molecule has 0 aliphatic rings. The van der Waals surface area contributed by atoms with Gasteiger partial charge < -0.3 is 0 Å². The maximum atomic E-state index is 2.53. The molecule has 18 heavy (non-hydrogen) atoms. The van der Waals surface area contributed by atoms with E-state index in [9.17, 15) is 0 Å². The average Bonchev–Trinajstić information content (AvgIpc) is 2.39. The fraction of sp³-hybridized carbons (Fsp3) is 0.944. The maximum Gasteiger partial charge on any atom is -0.0386 e. The van der Waals surface area contributed by atoms with Crippen molar-refractivity contribution in [2.24, 2.45) is 0 Å². The third-order valence-electron chi connectivity index (χ3n) is 3.77. The zero-order chi connectivity index (χ0) is 13.3. The van der Waals surface area contributed by atoms with Gasteiger partial charge in [-0.05, 0) is 6.42 Å². The SMILES string of the molecule is CCCCCCC[CH]CCCCCCCCCC. The Morgan fingerprint density at radius 1 is 0.444 bits per heavy atom. The van der Waals surface area contributed by atoms with Gasteiger partial charge in [-0.2, -0.15) is 0 Å². The van der Waals surface area contributed by atoms with Gasteiger partial charge in [-0.3, -0.25) is 0 Å². The molecule has 0 nitrogen and oxygen atoms in total. The van der Waals surface area contributed by atoms with Gasteiger partial charge in [0.25, 0.3) is 0 Å². The minimum atomic E-state index is 1.36. The van der Waals surface area contributed by atoms with Crippen LogP contribution in [0.1, 0.15) is 110 Å². The molecule has 109 valence electrons. The summed E-state index contributed by atoms with van der Waals surface area (Å²) in [6, 6.07) is 0. The summed E-state index contributed by atoms with van der Waals surface area (Å²) in [5.41, 5.74) is 0. The first-order valence-corrected chi connectivity index (χ1v) is 8.73. The highest BCUT2D eigenvalue weighted by atomic mass is 14.0. The van der Waals surface area contributed by atoms with Crippen molar-refractivity contribution in [1.29, 1.82) is 0 Å². The Hall–Kier alpha value is 0. The number of hydrogen-bond acceptors (Lipinski definition) is 0. The molecule has 0 saturated carbocycles. The Labute approximate surface area is 117 Å². The van der Waals surface area contributed by atoms with Crippen LogP contribution < -0.4 is 0 Å². The minimum Gasteiger partial charge on any atom is -0.0654 e. The van der Waals surface area contributed by atoms with Crippen LogP contribution in [0.25, 0.3) is 0 Å². The third kappa shape index (κ3) is 16.0. The quantitative estimate of drug-likeness (QED) is 0.273. The Kier molecular flexibility index (Phi) is 17.0. The predicted molar refractivity (Wildman–Crippen MR) is 84.9 cm³/mol. The van der Waals surface area contributed by atoms with Crippen LogP contribution in [0, 0.1) is 6.42 Å². The molecule has 0 atom stereocenters. The first kappa shape index (κ1) is 18.0. The van der Waals surface area contributed by atoms with Gasteiger partial charge in [0.1, 0.15) is 0 Å². The fourth-order valence-corrected chi connectivity index (χ4v) is 2.46. The molecule has 1 radical (unpaired) electrons. The van der Waals surface area contributed by atoms with Crippen LogP contribution in [0.2, 0.25) is 0 Å². The van der Waals surface area contributed by atoms with Crippen molar-refractivity contribution in [1.82, 2.24) is 0 Å². The standard InChI is InChI=1S/C18H37/c1-3-5-7-9-11-13-15-17-18-16-14-12-10-8-6-4-2/h15H,3-14,16-18H2,1-2H3. The molecule has 0 aromatic rings. The van der Waals surface area contributed by atoms with Crippen LogP contribution in [-0.4, -0.2) is 0 Å². The van der Waals surface area contributed by atoms with Crippen LogP contribution in [0.15, 0.2) is 0 Å². The monoisotopic (exact) mass is 253 g/mol. The third-order valence-corrected chi connectivity index (χ3v) is 3.77. The predicted octanol–water partition coefficient (Wildman–Crippen LogP) is 7.08. The van der Waals surface area contributed by atoms with E-state index in [0.29, 0.717) is 0 Å². The van der Waals surface area contributed by atoms with Gasteiger partial charge in [0.2, 0.25) is 0 Å². The Morgan fingerprint density at radius 2 is 0.778 bits per heavy atom. The van der Waals surface area contributed by atoms with Crippen molar-refractivity contribution in [3.05, 3.63) is 6.42 Å². The molecular formula is C18H37. The summed E-state index contributed by atoms with van der Waals surface area (Å²) in [6.07, 6.45) is 23.9. The van der Waals surface area contributed by atoms with E-state index in [1.165, 1.54) is 96.3 Å². The number of rotatable bonds is 15. The summed E-state index contributed by atoms with van der Waals surface area (Å²) in [6.45, 7) is 4.58. The van der Waals surface area contributed by atoms with E-state index in [4.69, 9.17) is 0 Å². The number of hydrogen-bond donors (Lipinski definition) is 0. The van der Waals surface area contributed by atoms with Crippen molar-refractivity contribution < 1.29 is 0 Å². The van der Waals surface area contributed by atoms with E-state index in [1.807, 2.05) is 0 Å². The highest BCUT2D eigenvalue weighted by Crippen LogP contribution is 2.12. The molecule has 0 heterocycles. The fourth-order valence-electron chi connectivity index (χ4n) is 2.46. The second kappa shape index (κ2) is 17.0. The summed E-state index contributed by atoms with van der Waals surface area (Å²) in [4.78, 5) is 0. The first-order valence-electron chi connectivity index (χ1n) is 8.73. The molecule has 0 fully saturated rings. The molecule has 0 aromatic heterocycles. The lowest BCUT2D eigenvalue weighted by Crippen LogP contribution is -1.83. The molecule has 0 aliphatic heterocycles. The lowest BCUT2D eigenvalue weighted by atomic mass is 10.0. The van der Waals surface area contributed by atoms with Gasteiger partial charge in [0.15, 0.2) is 0 Å². The molecule has 0 spiro atoms. The summed E-state index contributed by atoms with van der Waals surface area (Å²) in [7, 11) is 0. The lowest BCUT2D eigenvalue weighted by molar-refractivity contribution is 0.567. The molecule has 0 aromatic carbocycles. The Balaban J connectivity index is 2.86. The number of unbranched alkanes of at least 4 members (excludes halogenated alkanes) is 15. The molecular weight excluding hydrogens is 216 g/mol. The highest BCUT2D eigenvalue weighted by Gasteiger charge is 1.93. The smallest absolute Gasteiger partial charge is 0.0386 e. The van der Waals surface area contributed by atoms with Crippen molar-refractivity contribution in [3.63, 3.8) is 0 Å². The zero-order valence-corrected chi connectivity index (χ0v) is 13.2. The molecule has 0 bridgehead atoms. The van der Waals surface area contributed by atoms with Crippen LogP contribution in [0.5, 0.6) is 0 Å². The van der Waals surface area contributed by atoms with E-state index >= 15 is 0 Å². The molecule has 0 heteroatoms. The topological polar surface area (TPSA) is 0 Å². The van der Waals surface area contributed by atoms with Crippen molar-refractivity contribution in [3.8, 4) is 0 Å². The average molecular weight is 253 g/mol. The molecule has 0 unspecified atom stereocenters. The van der Waals surface area contributed by atoms with E-state index in [0.717, 1.165) is 0 Å². The second-order valence-corrected chi connectivity index (χ2v) is 5.76. The molecule has 0 amide bonds. The van der Waals surface area contributed by atoms with Crippen LogP contribution in [-0.2, 0) is 0 Å². The molecule has 0 N–H and O–H groups in total. The summed E-state index contributed by atoms with van der Waals surface area (Å²) >= 11 is 0. The van der Waals surface area contributed by atoms with Crippen LogP contribution in [0.3, 0.4) is 0 Å². The van der Waals surface area contributed by atoms with Gasteiger partial charge >= 0.3 is 0 Å². The normalized spacial score (nSPS) is 11.0. The van der Waals surface area contributed by atoms with Crippen molar-refractivity contribution in [2.75, 3.05) is 0 Å². The minimum absolute atomic E-state index is 1.36. The van der Waals surface area contributed by atoms with Gasteiger partial charge in [-0.25, -0.2) is 0 Å². The zero-order valence-electron chi connectivity index (χ0n) is 13.2. The van der Waals surface area contributed by atoms with E-state index in [-0.39, 0.29) is 0 Å². The molecule has 0 aliphatic carbocycles. The second-order valence-electron chi connectivity index (χ2n) is 5.76. The van der Waals surface area contributed by atoms with E-state index in [1.54, 1.807) is 0 Å². The maximum absolute atomic E-state index is 2.53. The summed E-state index contributed by atoms with van der Waals surface area (Å²) in [5, 5.41) is 0. The molecule has 0 rings (SSSR count). The highest BCUT2D eigenvalue weighted by molar-refractivity contribution is 4.64. The Bertz CT molecular complexity index is 112. The largest absolute Gasteiger partial charge is 0.0654 e. The summed E-state index contributed by atoms with van der Waals surface area (Å²) in [5.74, 6) is 0. The van der Waals surface area contributed by atoms with Crippen molar-refractivity contribution >= 4 is 0 Å². The van der Waals surface area contributed by atoms with Gasteiger partial charge in [-0.1, -0.05) is 110 Å².